The monoisotopic (exact) mass is 369 g/mol. The summed E-state index contributed by atoms with van der Waals surface area (Å²) in [6, 6.07) is 0.150. The number of hydrogen-bond acceptors (Lipinski definition) is 4. The van der Waals surface area contributed by atoms with Crippen molar-refractivity contribution in [1.82, 2.24) is 24.9 Å². The Morgan fingerprint density at radius 2 is 1.92 bits per heavy atom. The fourth-order valence-corrected chi connectivity index (χ4v) is 3.53. The molecule has 1 saturated carbocycles. The highest BCUT2D eigenvalue weighted by molar-refractivity contribution is 5.79. The van der Waals surface area contributed by atoms with Gasteiger partial charge in [-0.1, -0.05) is 19.8 Å². The summed E-state index contributed by atoms with van der Waals surface area (Å²) in [5.74, 6) is -1.06. The Morgan fingerprint density at radius 1 is 1.23 bits per heavy atom. The van der Waals surface area contributed by atoms with E-state index in [1.807, 2.05) is 0 Å². The maximum atomic E-state index is 12.8. The summed E-state index contributed by atoms with van der Waals surface area (Å²) in [6.45, 7) is 5.42. The lowest BCUT2D eigenvalue weighted by Gasteiger charge is -2.29. The molecule has 0 saturated heterocycles. The average molecular weight is 369 g/mol. The number of nitrogens with one attached hydrogen (secondary N) is 1. The van der Waals surface area contributed by atoms with Gasteiger partial charge in [0.15, 0.2) is 0 Å². The van der Waals surface area contributed by atoms with Crippen molar-refractivity contribution in [3.05, 3.63) is 22.8 Å². The van der Waals surface area contributed by atoms with Crippen LogP contribution in [0.1, 0.15) is 55.4 Å². The molecule has 1 N–H and O–H groups in total. The van der Waals surface area contributed by atoms with E-state index in [-0.39, 0.29) is 24.1 Å². The van der Waals surface area contributed by atoms with Crippen molar-refractivity contribution >= 4 is 11.7 Å². The number of carbonyl (C=O) groups excluding carboxylic acids is 1. The molecule has 2 atom stereocenters. The molecule has 26 heavy (non-hydrogen) atoms. The van der Waals surface area contributed by atoms with Gasteiger partial charge in [0.1, 0.15) is 0 Å². The van der Waals surface area contributed by atoms with Crippen molar-refractivity contribution in [2.75, 3.05) is 0 Å². The summed E-state index contributed by atoms with van der Waals surface area (Å²) >= 11 is 0. The van der Waals surface area contributed by atoms with Gasteiger partial charge >= 0.3 is 6.18 Å². The molecule has 3 rings (SSSR count). The number of rotatable bonds is 3. The number of aryl methyl sites for hydroxylation is 2. The number of amides is 1. The number of fused-ring (bicyclic) bond motifs is 1. The van der Waals surface area contributed by atoms with Gasteiger partial charge in [-0.3, -0.25) is 4.79 Å². The molecule has 0 aliphatic heterocycles. The Balaban J connectivity index is 1.84. The molecule has 0 radical (unpaired) electrons. The van der Waals surface area contributed by atoms with Crippen molar-refractivity contribution in [2.45, 2.75) is 65.1 Å². The molecule has 0 aromatic carbocycles. The Bertz CT molecular complexity index is 830. The standard InChI is InChI=1S/C17H22F3N5O/c1-9-6-4-5-7-13(9)22-14(26)8-12-10(2)21-16-23-15(17(18,19)20)24-25(16)11(12)3/h9,13H,4-8H2,1-3H3,(H,22,26)/t9-,13+/m1/s1. The molecule has 0 bridgehead atoms. The third-order valence-electron chi connectivity index (χ3n) is 5.10. The van der Waals surface area contributed by atoms with Gasteiger partial charge in [-0.15, -0.1) is 5.10 Å². The van der Waals surface area contributed by atoms with Crippen molar-refractivity contribution in [3.63, 3.8) is 0 Å². The lowest BCUT2D eigenvalue weighted by Crippen LogP contribution is -2.41. The first-order valence-electron chi connectivity index (χ1n) is 8.76. The average Bonchev–Trinajstić information content (AvgIpc) is 2.98. The summed E-state index contributed by atoms with van der Waals surface area (Å²) in [4.78, 5) is 20.0. The Morgan fingerprint density at radius 3 is 2.58 bits per heavy atom. The van der Waals surface area contributed by atoms with Crippen molar-refractivity contribution < 1.29 is 18.0 Å². The lowest BCUT2D eigenvalue weighted by atomic mass is 9.86. The molecule has 2 aromatic heterocycles. The highest BCUT2D eigenvalue weighted by atomic mass is 19.4. The maximum Gasteiger partial charge on any atom is 0.453 e. The summed E-state index contributed by atoms with van der Waals surface area (Å²) in [7, 11) is 0. The second-order valence-electron chi connectivity index (χ2n) is 7.02. The SMILES string of the molecule is Cc1nc2nc(C(F)(F)F)nn2c(C)c1CC(=O)N[C@H]1CCCC[C@H]1C. The number of carbonyl (C=O) groups is 1. The Kier molecular flexibility index (Phi) is 4.90. The van der Waals surface area contributed by atoms with Crippen LogP contribution < -0.4 is 5.32 Å². The largest absolute Gasteiger partial charge is 0.453 e. The normalized spacial score (nSPS) is 21.2. The van der Waals surface area contributed by atoms with Gasteiger partial charge in [-0.25, -0.2) is 9.50 Å². The molecular formula is C17H22F3N5O. The van der Waals surface area contributed by atoms with E-state index in [2.05, 4.69) is 27.3 Å². The van der Waals surface area contributed by atoms with Crippen LogP contribution in [0.2, 0.25) is 0 Å². The zero-order valence-electron chi connectivity index (χ0n) is 15.0. The Labute approximate surface area is 149 Å². The third kappa shape index (κ3) is 3.66. The van der Waals surface area contributed by atoms with E-state index in [1.54, 1.807) is 13.8 Å². The van der Waals surface area contributed by atoms with Crippen molar-refractivity contribution in [3.8, 4) is 0 Å². The molecule has 2 heterocycles. The molecule has 1 amide bonds. The molecule has 0 unspecified atom stereocenters. The van der Waals surface area contributed by atoms with Crippen LogP contribution in [0.25, 0.3) is 5.78 Å². The van der Waals surface area contributed by atoms with Crippen LogP contribution in [-0.4, -0.2) is 31.5 Å². The van der Waals surface area contributed by atoms with Gasteiger partial charge in [0.2, 0.25) is 5.91 Å². The molecule has 1 aliphatic carbocycles. The summed E-state index contributed by atoms with van der Waals surface area (Å²) in [5, 5.41) is 6.56. The molecule has 6 nitrogen and oxygen atoms in total. The molecular weight excluding hydrogens is 347 g/mol. The predicted molar refractivity (Wildman–Crippen MR) is 88.5 cm³/mol. The molecule has 0 spiro atoms. The van der Waals surface area contributed by atoms with Crippen LogP contribution >= 0.6 is 0 Å². The van der Waals surface area contributed by atoms with E-state index in [0.717, 1.165) is 23.8 Å². The minimum Gasteiger partial charge on any atom is -0.353 e. The van der Waals surface area contributed by atoms with E-state index in [4.69, 9.17) is 0 Å². The van der Waals surface area contributed by atoms with Crippen LogP contribution in [0.15, 0.2) is 0 Å². The predicted octanol–water partition coefficient (Wildman–Crippen LogP) is 3.00. The number of hydrogen-bond donors (Lipinski definition) is 1. The zero-order valence-corrected chi connectivity index (χ0v) is 15.0. The summed E-state index contributed by atoms with van der Waals surface area (Å²) in [5.41, 5.74) is 1.52. The maximum absolute atomic E-state index is 12.8. The number of nitrogens with zero attached hydrogens (tertiary/aromatic N) is 4. The second-order valence-corrected chi connectivity index (χ2v) is 7.02. The van der Waals surface area contributed by atoms with E-state index in [0.29, 0.717) is 22.9 Å². The highest BCUT2D eigenvalue weighted by Crippen LogP contribution is 2.27. The number of halogens is 3. The third-order valence-corrected chi connectivity index (χ3v) is 5.10. The highest BCUT2D eigenvalue weighted by Gasteiger charge is 2.37. The quantitative estimate of drug-likeness (QED) is 0.903. The van der Waals surface area contributed by atoms with Gasteiger partial charge in [-0.2, -0.15) is 18.2 Å². The van der Waals surface area contributed by atoms with Crippen LogP contribution in [0.3, 0.4) is 0 Å². The van der Waals surface area contributed by atoms with Crippen molar-refractivity contribution in [1.29, 1.82) is 0 Å². The fraction of sp³-hybridized carbons (Fsp3) is 0.647. The topological polar surface area (TPSA) is 72.2 Å². The van der Waals surface area contributed by atoms with Gasteiger partial charge in [-0.05, 0) is 32.6 Å². The summed E-state index contributed by atoms with van der Waals surface area (Å²) < 4.78 is 39.6. The molecule has 9 heteroatoms. The van der Waals surface area contributed by atoms with Crippen LogP contribution in [0.4, 0.5) is 13.2 Å². The Hall–Kier alpha value is -2.19. The van der Waals surface area contributed by atoms with E-state index in [1.165, 1.54) is 6.42 Å². The first-order valence-corrected chi connectivity index (χ1v) is 8.76. The summed E-state index contributed by atoms with van der Waals surface area (Å²) in [6.07, 6.45) is -0.246. The van der Waals surface area contributed by atoms with E-state index in [9.17, 15) is 18.0 Å². The second kappa shape index (κ2) is 6.85. The minimum absolute atomic E-state index is 0.0606. The smallest absolute Gasteiger partial charge is 0.353 e. The molecule has 1 aliphatic rings. The van der Waals surface area contributed by atoms with Crippen molar-refractivity contribution in [2.24, 2.45) is 5.92 Å². The van der Waals surface area contributed by atoms with Gasteiger partial charge < -0.3 is 5.32 Å². The van der Waals surface area contributed by atoms with Gasteiger partial charge in [0, 0.05) is 23.0 Å². The minimum atomic E-state index is -4.64. The molecule has 2 aromatic rings. The number of aromatic nitrogens is 4. The first-order chi connectivity index (χ1) is 12.2. The van der Waals surface area contributed by atoms with Gasteiger partial charge in [0.25, 0.3) is 11.6 Å². The van der Waals surface area contributed by atoms with E-state index < -0.39 is 12.0 Å². The zero-order chi connectivity index (χ0) is 19.1. The fourth-order valence-electron chi connectivity index (χ4n) is 3.53. The lowest BCUT2D eigenvalue weighted by molar-refractivity contribution is -0.144. The first kappa shape index (κ1) is 18.6. The number of alkyl halides is 3. The molecule has 1 fully saturated rings. The van der Waals surface area contributed by atoms with Crippen LogP contribution in [-0.2, 0) is 17.4 Å². The van der Waals surface area contributed by atoms with Crippen LogP contribution in [0, 0.1) is 19.8 Å². The molecule has 142 valence electrons. The van der Waals surface area contributed by atoms with Crippen LogP contribution in [0.5, 0.6) is 0 Å². The van der Waals surface area contributed by atoms with E-state index >= 15 is 0 Å². The van der Waals surface area contributed by atoms with Gasteiger partial charge in [0.05, 0.1) is 6.42 Å².